The number of nitrogens with one attached hydrogen (secondary N) is 2. The molecule has 0 spiro atoms. The van der Waals surface area contributed by atoms with Crippen LogP contribution < -0.4 is 15.5 Å². The monoisotopic (exact) mass is 391 g/mol. The molecule has 5 rings (SSSR count). The molecule has 0 saturated heterocycles. The maximum absolute atomic E-state index is 4.78. The zero-order valence-electron chi connectivity index (χ0n) is 15.8. The first-order valence-corrected chi connectivity index (χ1v) is 10.2. The van der Waals surface area contributed by atoms with E-state index in [4.69, 9.17) is 9.97 Å². The minimum atomic E-state index is 0.481. The predicted octanol–water partition coefficient (Wildman–Crippen LogP) is 4.26. The second-order valence-electron chi connectivity index (χ2n) is 7.15. The molecule has 1 aliphatic carbocycles. The summed E-state index contributed by atoms with van der Waals surface area (Å²) in [5, 5.41) is 11.0. The van der Waals surface area contributed by atoms with Crippen LogP contribution in [0.15, 0.2) is 47.4 Å². The first-order chi connectivity index (χ1) is 13.7. The largest absolute Gasteiger partial charge is 0.378 e. The normalized spacial score (nSPS) is 13.6. The van der Waals surface area contributed by atoms with Crippen LogP contribution >= 0.6 is 11.3 Å². The van der Waals surface area contributed by atoms with Gasteiger partial charge in [0, 0.05) is 36.9 Å². The van der Waals surface area contributed by atoms with Gasteiger partial charge in [-0.3, -0.25) is 4.57 Å². The molecular weight excluding hydrogens is 370 g/mol. The first kappa shape index (κ1) is 17.0. The first-order valence-electron chi connectivity index (χ1n) is 9.26. The van der Waals surface area contributed by atoms with Crippen molar-refractivity contribution in [3.8, 4) is 5.69 Å². The average molecular weight is 392 g/mol. The van der Waals surface area contributed by atoms with Crippen molar-refractivity contribution in [1.82, 2.24) is 19.5 Å². The second kappa shape index (κ2) is 6.79. The highest BCUT2D eigenvalue weighted by molar-refractivity contribution is 7.08. The number of hydrogen-bond donors (Lipinski definition) is 2. The Morgan fingerprint density at radius 2 is 2.07 bits per heavy atom. The fraction of sp³-hybridized carbons (Fsp3) is 0.250. The van der Waals surface area contributed by atoms with Gasteiger partial charge < -0.3 is 15.5 Å². The molecule has 7 nitrogen and oxygen atoms in total. The third-order valence-corrected chi connectivity index (χ3v) is 5.39. The quantitative estimate of drug-likeness (QED) is 0.512. The fourth-order valence-electron chi connectivity index (χ4n) is 3.05. The number of rotatable bonds is 6. The minimum absolute atomic E-state index is 0.481. The van der Waals surface area contributed by atoms with Gasteiger partial charge in [-0.15, -0.1) is 0 Å². The van der Waals surface area contributed by atoms with Gasteiger partial charge in [0.25, 0.3) is 0 Å². The molecule has 142 valence electrons. The minimum Gasteiger partial charge on any atom is -0.378 e. The van der Waals surface area contributed by atoms with E-state index in [9.17, 15) is 0 Å². The molecule has 0 bridgehead atoms. The number of fused-ring (bicyclic) bond motifs is 1. The van der Waals surface area contributed by atoms with Crippen molar-refractivity contribution >= 4 is 45.6 Å². The Kier molecular flexibility index (Phi) is 4.12. The number of hydrogen-bond acceptors (Lipinski definition) is 7. The van der Waals surface area contributed by atoms with Gasteiger partial charge in [0.2, 0.25) is 5.95 Å². The summed E-state index contributed by atoms with van der Waals surface area (Å²) < 4.78 is 2.01. The van der Waals surface area contributed by atoms with Crippen LogP contribution in [0.1, 0.15) is 12.8 Å². The molecule has 0 unspecified atom stereocenters. The van der Waals surface area contributed by atoms with E-state index in [0.29, 0.717) is 12.0 Å². The maximum Gasteiger partial charge on any atom is 0.231 e. The van der Waals surface area contributed by atoms with Gasteiger partial charge in [-0.05, 0) is 42.5 Å². The summed E-state index contributed by atoms with van der Waals surface area (Å²) in [6.07, 6.45) is 4.16. The topological polar surface area (TPSA) is 70.9 Å². The van der Waals surface area contributed by atoms with Gasteiger partial charge in [0.15, 0.2) is 17.0 Å². The van der Waals surface area contributed by atoms with E-state index < -0.39 is 0 Å². The summed E-state index contributed by atoms with van der Waals surface area (Å²) in [4.78, 5) is 16.2. The molecule has 3 aromatic heterocycles. The van der Waals surface area contributed by atoms with Crippen molar-refractivity contribution in [3.63, 3.8) is 0 Å². The highest BCUT2D eigenvalue weighted by Crippen LogP contribution is 2.30. The lowest BCUT2D eigenvalue weighted by atomic mass is 10.2. The van der Waals surface area contributed by atoms with Crippen LogP contribution in [0, 0.1) is 0 Å². The summed E-state index contributed by atoms with van der Waals surface area (Å²) in [7, 11) is 4.05. The Morgan fingerprint density at radius 1 is 1.18 bits per heavy atom. The van der Waals surface area contributed by atoms with Gasteiger partial charge in [0.05, 0.1) is 5.69 Å². The number of anilines is 4. The van der Waals surface area contributed by atoms with Gasteiger partial charge in [-0.2, -0.15) is 21.3 Å². The third-order valence-electron chi connectivity index (χ3n) is 4.72. The van der Waals surface area contributed by atoms with Crippen LogP contribution in [-0.4, -0.2) is 39.7 Å². The van der Waals surface area contributed by atoms with Crippen molar-refractivity contribution in [2.24, 2.45) is 0 Å². The number of thiophene rings is 1. The van der Waals surface area contributed by atoms with Crippen molar-refractivity contribution in [1.29, 1.82) is 0 Å². The van der Waals surface area contributed by atoms with Crippen molar-refractivity contribution in [3.05, 3.63) is 47.4 Å². The maximum atomic E-state index is 4.78. The lowest BCUT2D eigenvalue weighted by Crippen LogP contribution is -2.09. The molecule has 1 fully saturated rings. The van der Waals surface area contributed by atoms with Gasteiger partial charge in [0.1, 0.15) is 6.33 Å². The standard InChI is InChI=1S/C20H21N7S/c1-26(2)15-5-3-4-14(10-15)23-20-24-18(22-13-6-7-13)17-19(25-20)27(12-21-17)16-8-9-28-11-16/h3-5,8-13H,6-7H2,1-2H3,(H2,22,23,24,25). The molecule has 0 radical (unpaired) electrons. The van der Waals surface area contributed by atoms with Crippen molar-refractivity contribution in [2.75, 3.05) is 29.6 Å². The highest BCUT2D eigenvalue weighted by atomic mass is 32.1. The molecule has 1 aromatic carbocycles. The third kappa shape index (κ3) is 3.27. The van der Waals surface area contributed by atoms with Crippen LogP contribution in [0.2, 0.25) is 0 Å². The Morgan fingerprint density at radius 3 is 2.82 bits per heavy atom. The molecule has 0 atom stereocenters. The molecular formula is C20H21N7S. The Hall–Kier alpha value is -3.13. The Labute approximate surface area is 167 Å². The Balaban J connectivity index is 1.58. The smallest absolute Gasteiger partial charge is 0.231 e. The molecule has 2 N–H and O–H groups in total. The van der Waals surface area contributed by atoms with Crippen LogP contribution in [0.25, 0.3) is 16.9 Å². The molecule has 1 aliphatic rings. The predicted molar refractivity (Wildman–Crippen MR) is 115 cm³/mol. The van der Waals surface area contributed by atoms with Crippen molar-refractivity contribution in [2.45, 2.75) is 18.9 Å². The van der Waals surface area contributed by atoms with Gasteiger partial charge >= 0.3 is 0 Å². The van der Waals surface area contributed by atoms with E-state index >= 15 is 0 Å². The fourth-order valence-corrected chi connectivity index (χ4v) is 3.68. The van der Waals surface area contributed by atoms with E-state index in [1.807, 2.05) is 37.1 Å². The summed E-state index contributed by atoms with van der Waals surface area (Å²) in [5.74, 6) is 1.34. The summed E-state index contributed by atoms with van der Waals surface area (Å²) >= 11 is 1.65. The van der Waals surface area contributed by atoms with E-state index in [1.54, 1.807) is 11.3 Å². The molecule has 0 aliphatic heterocycles. The SMILES string of the molecule is CN(C)c1cccc(Nc2nc(NC3CC3)c3ncn(-c4ccsc4)c3n2)c1. The summed E-state index contributed by atoms with van der Waals surface area (Å²) in [6, 6.07) is 10.7. The number of aromatic nitrogens is 4. The van der Waals surface area contributed by atoms with E-state index in [-0.39, 0.29) is 0 Å². The van der Waals surface area contributed by atoms with Crippen LogP contribution in [0.4, 0.5) is 23.1 Å². The summed E-state index contributed by atoms with van der Waals surface area (Å²) in [5.41, 5.74) is 4.72. The molecule has 0 amide bonds. The number of nitrogens with zero attached hydrogens (tertiary/aromatic N) is 5. The molecule has 3 heterocycles. The van der Waals surface area contributed by atoms with Crippen LogP contribution in [-0.2, 0) is 0 Å². The van der Waals surface area contributed by atoms with Crippen LogP contribution in [0.5, 0.6) is 0 Å². The molecule has 28 heavy (non-hydrogen) atoms. The molecule has 4 aromatic rings. The molecule has 1 saturated carbocycles. The van der Waals surface area contributed by atoms with E-state index in [0.717, 1.165) is 34.0 Å². The second-order valence-corrected chi connectivity index (χ2v) is 7.93. The lowest BCUT2D eigenvalue weighted by Gasteiger charge is -2.14. The number of benzene rings is 1. The van der Waals surface area contributed by atoms with Crippen molar-refractivity contribution < 1.29 is 0 Å². The highest BCUT2D eigenvalue weighted by Gasteiger charge is 2.24. The lowest BCUT2D eigenvalue weighted by molar-refractivity contribution is 1.06. The number of imidazole rings is 1. The van der Waals surface area contributed by atoms with Gasteiger partial charge in [-0.1, -0.05) is 6.07 Å². The summed E-state index contributed by atoms with van der Waals surface area (Å²) in [6.45, 7) is 0. The van der Waals surface area contributed by atoms with E-state index in [2.05, 4.69) is 49.5 Å². The van der Waals surface area contributed by atoms with Gasteiger partial charge in [-0.25, -0.2) is 4.98 Å². The Bertz CT molecular complexity index is 1110. The average Bonchev–Trinajstić information content (AvgIpc) is 3.17. The van der Waals surface area contributed by atoms with Crippen LogP contribution in [0.3, 0.4) is 0 Å². The zero-order chi connectivity index (χ0) is 19.1. The zero-order valence-corrected chi connectivity index (χ0v) is 16.6. The molecule has 8 heteroatoms. The van der Waals surface area contributed by atoms with E-state index in [1.165, 1.54) is 12.8 Å².